The van der Waals surface area contributed by atoms with E-state index in [1.165, 1.54) is 0 Å². The molecule has 1 heterocycles. The number of ether oxygens (including phenoxy) is 1. The van der Waals surface area contributed by atoms with Gasteiger partial charge in [-0.15, -0.1) is 0 Å². The summed E-state index contributed by atoms with van der Waals surface area (Å²) in [5.74, 6) is 7.10. The minimum absolute atomic E-state index is 0.118. The van der Waals surface area contributed by atoms with Gasteiger partial charge in [-0.05, 0) is 66.1 Å². The number of alkyl halides is 2. The quantitative estimate of drug-likeness (QED) is 0.509. The zero-order chi connectivity index (χ0) is 22.7. The van der Waals surface area contributed by atoms with Crippen LogP contribution in [0.25, 0.3) is 0 Å². The summed E-state index contributed by atoms with van der Waals surface area (Å²) >= 11 is 0. The summed E-state index contributed by atoms with van der Waals surface area (Å²) in [4.78, 5) is 6.74. The van der Waals surface area contributed by atoms with Crippen LogP contribution in [0.3, 0.4) is 0 Å². The van der Waals surface area contributed by atoms with Crippen molar-refractivity contribution in [1.82, 2.24) is 4.90 Å². The largest absolute Gasteiger partial charge is 0.435 e. The predicted octanol–water partition coefficient (Wildman–Crippen LogP) is 3.79. The van der Waals surface area contributed by atoms with Crippen LogP contribution in [0, 0.1) is 11.8 Å². The molecule has 168 valence electrons. The standard InChI is InChI=1S/C25H27F2N3O2/c1-30-16-25(29-24(30)28,19-8-5-7-17(14-19)6-3-2-4-13-31)20-11-12-22(32-23(26)27)21(15-20)18-9-10-18/h5,7-8,11-12,14-15,18,23,31H,2,4,9-10,13,16H2,1H3,(H2,28,29). The van der Waals surface area contributed by atoms with E-state index >= 15 is 0 Å². The number of aliphatic hydroxyl groups excluding tert-OH is 1. The third-order valence-corrected chi connectivity index (χ3v) is 5.92. The van der Waals surface area contributed by atoms with Gasteiger partial charge >= 0.3 is 6.61 Å². The Bertz CT molecular complexity index is 1070. The predicted molar refractivity (Wildman–Crippen MR) is 120 cm³/mol. The van der Waals surface area contributed by atoms with Crippen LogP contribution in [-0.4, -0.2) is 42.8 Å². The van der Waals surface area contributed by atoms with E-state index in [-0.39, 0.29) is 18.3 Å². The zero-order valence-corrected chi connectivity index (χ0v) is 18.0. The molecule has 0 radical (unpaired) electrons. The van der Waals surface area contributed by atoms with Gasteiger partial charge in [-0.25, -0.2) is 4.99 Å². The van der Waals surface area contributed by atoms with Crippen LogP contribution in [0.15, 0.2) is 47.5 Å². The van der Waals surface area contributed by atoms with Crippen LogP contribution in [0.1, 0.15) is 53.9 Å². The van der Waals surface area contributed by atoms with Gasteiger partial charge in [-0.3, -0.25) is 0 Å². The van der Waals surface area contributed by atoms with Crippen LogP contribution >= 0.6 is 0 Å². The third kappa shape index (κ3) is 4.56. The molecule has 1 atom stereocenters. The van der Waals surface area contributed by atoms with Gasteiger partial charge in [0.2, 0.25) is 0 Å². The van der Waals surface area contributed by atoms with Crippen molar-refractivity contribution in [3.8, 4) is 17.6 Å². The van der Waals surface area contributed by atoms with E-state index in [4.69, 9.17) is 20.6 Å². The fraction of sp³-hybridized carbons (Fsp3) is 0.400. The lowest BCUT2D eigenvalue weighted by molar-refractivity contribution is -0.0504. The van der Waals surface area contributed by atoms with Gasteiger partial charge < -0.3 is 20.5 Å². The number of halogens is 2. The number of likely N-dealkylation sites (N-methyl/N-ethyl adjacent to an activating group) is 1. The number of hydrogen-bond donors (Lipinski definition) is 2. The van der Waals surface area contributed by atoms with E-state index in [0.29, 0.717) is 25.3 Å². The lowest BCUT2D eigenvalue weighted by Crippen LogP contribution is -2.35. The molecule has 4 rings (SSSR count). The second-order valence-electron chi connectivity index (χ2n) is 8.30. The zero-order valence-electron chi connectivity index (χ0n) is 18.0. The van der Waals surface area contributed by atoms with E-state index in [1.54, 1.807) is 12.1 Å². The summed E-state index contributed by atoms with van der Waals surface area (Å²) in [5, 5.41) is 8.94. The maximum atomic E-state index is 12.9. The van der Waals surface area contributed by atoms with E-state index in [9.17, 15) is 8.78 Å². The molecule has 2 aromatic rings. The number of unbranched alkanes of at least 4 members (excludes halogenated alkanes) is 1. The number of aliphatic imine (C=N–C) groups is 1. The molecule has 5 nitrogen and oxygen atoms in total. The highest BCUT2D eigenvalue weighted by Crippen LogP contribution is 2.47. The number of hydrogen-bond acceptors (Lipinski definition) is 5. The summed E-state index contributed by atoms with van der Waals surface area (Å²) in [6.45, 7) is -2.22. The van der Waals surface area contributed by atoms with E-state index < -0.39 is 12.2 Å². The summed E-state index contributed by atoms with van der Waals surface area (Å²) in [6, 6.07) is 13.2. The summed E-state index contributed by atoms with van der Waals surface area (Å²) in [6.07, 6.45) is 3.18. The van der Waals surface area contributed by atoms with Gasteiger partial charge in [-0.2, -0.15) is 8.78 Å². The average molecular weight is 440 g/mol. The molecule has 1 fully saturated rings. The molecule has 1 aliphatic carbocycles. The number of nitrogens with two attached hydrogens (primary N) is 1. The summed E-state index contributed by atoms with van der Waals surface area (Å²) in [7, 11) is 1.88. The van der Waals surface area contributed by atoms with Crippen molar-refractivity contribution in [3.63, 3.8) is 0 Å². The van der Waals surface area contributed by atoms with Gasteiger partial charge in [0.25, 0.3) is 0 Å². The Hall–Kier alpha value is -3.11. The van der Waals surface area contributed by atoms with Crippen molar-refractivity contribution < 1.29 is 18.6 Å². The Balaban J connectivity index is 1.77. The molecular formula is C25H27F2N3O2. The van der Waals surface area contributed by atoms with Gasteiger partial charge in [-0.1, -0.05) is 30.0 Å². The Morgan fingerprint density at radius 3 is 2.69 bits per heavy atom. The Kier molecular flexibility index (Phi) is 6.33. The molecule has 3 N–H and O–H groups in total. The number of benzene rings is 2. The first-order valence-corrected chi connectivity index (χ1v) is 10.8. The number of rotatable bonds is 7. The summed E-state index contributed by atoms with van der Waals surface area (Å²) in [5.41, 5.74) is 8.89. The minimum atomic E-state index is -2.86. The highest BCUT2D eigenvalue weighted by molar-refractivity contribution is 5.81. The van der Waals surface area contributed by atoms with Gasteiger partial charge in [0.1, 0.15) is 11.3 Å². The first kappa shape index (κ1) is 22.1. The minimum Gasteiger partial charge on any atom is -0.435 e. The molecule has 0 aromatic heterocycles. The summed E-state index contributed by atoms with van der Waals surface area (Å²) < 4.78 is 30.6. The Morgan fingerprint density at radius 2 is 2.03 bits per heavy atom. The van der Waals surface area contributed by atoms with Crippen LogP contribution in [0.4, 0.5) is 8.78 Å². The van der Waals surface area contributed by atoms with Crippen LogP contribution in [0.2, 0.25) is 0 Å². The normalized spacial score (nSPS) is 20.2. The highest BCUT2D eigenvalue weighted by Gasteiger charge is 2.42. The topological polar surface area (TPSA) is 71.1 Å². The van der Waals surface area contributed by atoms with Crippen LogP contribution in [0.5, 0.6) is 5.75 Å². The van der Waals surface area contributed by atoms with E-state index in [1.807, 2.05) is 42.3 Å². The third-order valence-electron chi connectivity index (χ3n) is 5.92. The van der Waals surface area contributed by atoms with E-state index in [2.05, 4.69) is 11.8 Å². The monoisotopic (exact) mass is 439 g/mol. The molecule has 0 saturated heterocycles. The second kappa shape index (κ2) is 9.17. The van der Waals surface area contributed by atoms with Gasteiger partial charge in [0, 0.05) is 25.6 Å². The maximum Gasteiger partial charge on any atom is 0.387 e. The molecule has 0 spiro atoms. The fourth-order valence-corrected chi connectivity index (χ4v) is 4.13. The maximum absolute atomic E-state index is 12.9. The lowest BCUT2D eigenvalue weighted by Gasteiger charge is -2.29. The molecule has 1 aliphatic heterocycles. The van der Waals surface area contributed by atoms with Crippen LogP contribution in [-0.2, 0) is 5.54 Å². The van der Waals surface area contributed by atoms with E-state index in [0.717, 1.165) is 35.1 Å². The molecule has 7 heteroatoms. The molecule has 2 aliphatic rings. The van der Waals surface area contributed by atoms with Crippen molar-refractivity contribution in [2.24, 2.45) is 10.7 Å². The van der Waals surface area contributed by atoms with Crippen molar-refractivity contribution >= 4 is 5.96 Å². The second-order valence-corrected chi connectivity index (χ2v) is 8.30. The van der Waals surface area contributed by atoms with Crippen LogP contribution < -0.4 is 10.5 Å². The van der Waals surface area contributed by atoms with Gasteiger partial charge in [0.05, 0.1) is 6.54 Å². The lowest BCUT2D eigenvalue weighted by atomic mass is 9.82. The first-order valence-electron chi connectivity index (χ1n) is 10.8. The highest BCUT2D eigenvalue weighted by atomic mass is 19.3. The van der Waals surface area contributed by atoms with Crippen molar-refractivity contribution in [2.75, 3.05) is 20.2 Å². The molecule has 0 amide bonds. The SMILES string of the molecule is CN1CC(c2cccc(C#CCCCO)c2)(c2ccc(OC(F)F)c(C3CC3)c2)N=C1N. The first-order chi connectivity index (χ1) is 15.4. The number of nitrogens with zero attached hydrogens (tertiary/aromatic N) is 2. The Morgan fingerprint density at radius 1 is 1.25 bits per heavy atom. The fourth-order valence-electron chi connectivity index (χ4n) is 4.13. The average Bonchev–Trinajstić information content (AvgIpc) is 3.57. The van der Waals surface area contributed by atoms with Crippen molar-refractivity contribution in [2.45, 2.75) is 43.8 Å². The molecule has 2 aromatic carbocycles. The van der Waals surface area contributed by atoms with Crippen molar-refractivity contribution in [1.29, 1.82) is 0 Å². The molecule has 1 saturated carbocycles. The number of guanidine groups is 1. The number of aliphatic hydroxyl groups is 1. The smallest absolute Gasteiger partial charge is 0.387 e. The Labute approximate surface area is 186 Å². The molecule has 0 bridgehead atoms. The van der Waals surface area contributed by atoms with Gasteiger partial charge in [0.15, 0.2) is 5.96 Å². The van der Waals surface area contributed by atoms with Crippen molar-refractivity contribution in [3.05, 3.63) is 64.7 Å². The molecule has 32 heavy (non-hydrogen) atoms. The molecule has 1 unspecified atom stereocenters. The molecular weight excluding hydrogens is 412 g/mol.